The Kier molecular flexibility index (Phi) is 2.03. The van der Waals surface area contributed by atoms with E-state index in [1.54, 1.807) is 0 Å². The van der Waals surface area contributed by atoms with Gasteiger partial charge in [-0.15, -0.1) is 0 Å². The van der Waals surface area contributed by atoms with E-state index in [4.69, 9.17) is 5.73 Å². The molecule has 0 saturated heterocycles. The summed E-state index contributed by atoms with van der Waals surface area (Å²) in [5, 5.41) is 0. The number of rotatable bonds is 0. The van der Waals surface area contributed by atoms with E-state index in [1.807, 2.05) is 0 Å². The van der Waals surface area contributed by atoms with Crippen LogP contribution in [0, 0.1) is 0 Å². The Labute approximate surface area is 79.7 Å². The Morgan fingerprint density at radius 3 is 2.64 bits per heavy atom. The molecular weight excluding hydrogens is 191 g/mol. The number of fused-ring (bicyclic) bond motifs is 1. The normalized spacial score (nSPS) is 21.0. The minimum absolute atomic E-state index is 0.0905. The second-order valence-corrected chi connectivity index (χ2v) is 3.56. The van der Waals surface area contributed by atoms with Crippen LogP contribution in [0.1, 0.15) is 29.2 Å². The first kappa shape index (κ1) is 9.52. The molecular formula is C10H10F3N. The standard InChI is InChI=1S/C10H10F3N/c11-10(12,13)7-2-3-8-6(5-7)1-4-9(8)14/h2-3,5,9H,1,4,14H2. The van der Waals surface area contributed by atoms with E-state index in [2.05, 4.69) is 0 Å². The Hall–Kier alpha value is -1.03. The lowest BCUT2D eigenvalue weighted by Crippen LogP contribution is -2.08. The first-order chi connectivity index (χ1) is 6.48. The van der Waals surface area contributed by atoms with E-state index < -0.39 is 11.7 Å². The molecule has 0 spiro atoms. The van der Waals surface area contributed by atoms with Crippen LogP contribution >= 0.6 is 0 Å². The zero-order valence-corrected chi connectivity index (χ0v) is 7.43. The molecule has 1 aliphatic carbocycles. The smallest absolute Gasteiger partial charge is 0.324 e. The van der Waals surface area contributed by atoms with Gasteiger partial charge in [0.25, 0.3) is 0 Å². The van der Waals surface area contributed by atoms with Gasteiger partial charge >= 0.3 is 6.18 Å². The summed E-state index contributed by atoms with van der Waals surface area (Å²) in [5.41, 5.74) is 6.75. The van der Waals surface area contributed by atoms with Crippen molar-refractivity contribution in [3.05, 3.63) is 34.9 Å². The molecule has 0 heterocycles. The molecule has 2 N–H and O–H groups in total. The van der Waals surface area contributed by atoms with Crippen LogP contribution in [-0.2, 0) is 12.6 Å². The van der Waals surface area contributed by atoms with Crippen LogP contribution in [0.25, 0.3) is 0 Å². The zero-order valence-electron chi connectivity index (χ0n) is 7.43. The first-order valence-electron chi connectivity index (χ1n) is 4.44. The maximum absolute atomic E-state index is 12.3. The average molecular weight is 201 g/mol. The monoisotopic (exact) mass is 201 g/mol. The maximum Gasteiger partial charge on any atom is 0.416 e. The van der Waals surface area contributed by atoms with Crippen LogP contribution in [0.2, 0.25) is 0 Å². The van der Waals surface area contributed by atoms with Crippen molar-refractivity contribution in [2.45, 2.75) is 25.1 Å². The van der Waals surface area contributed by atoms with Gasteiger partial charge in [0, 0.05) is 6.04 Å². The molecule has 76 valence electrons. The highest BCUT2D eigenvalue weighted by Crippen LogP contribution is 2.35. The molecule has 2 rings (SSSR count). The van der Waals surface area contributed by atoms with Crippen LogP contribution in [0.4, 0.5) is 13.2 Å². The van der Waals surface area contributed by atoms with Crippen LogP contribution < -0.4 is 5.73 Å². The van der Waals surface area contributed by atoms with Gasteiger partial charge < -0.3 is 5.73 Å². The van der Waals surface area contributed by atoms with Gasteiger partial charge in [0.15, 0.2) is 0 Å². The topological polar surface area (TPSA) is 26.0 Å². The number of hydrogen-bond donors (Lipinski definition) is 1. The number of aryl methyl sites for hydroxylation is 1. The first-order valence-corrected chi connectivity index (χ1v) is 4.44. The molecule has 14 heavy (non-hydrogen) atoms. The van der Waals surface area contributed by atoms with Gasteiger partial charge in [-0.3, -0.25) is 0 Å². The molecule has 4 heteroatoms. The summed E-state index contributed by atoms with van der Waals surface area (Å²) in [5.74, 6) is 0. The minimum Gasteiger partial charge on any atom is -0.324 e. The van der Waals surface area contributed by atoms with Crippen molar-refractivity contribution in [3.8, 4) is 0 Å². The van der Waals surface area contributed by atoms with E-state index in [-0.39, 0.29) is 6.04 Å². The lowest BCUT2D eigenvalue weighted by atomic mass is 10.0. The van der Waals surface area contributed by atoms with Crippen molar-refractivity contribution >= 4 is 0 Å². The lowest BCUT2D eigenvalue weighted by Gasteiger charge is -2.09. The lowest BCUT2D eigenvalue weighted by molar-refractivity contribution is -0.137. The second-order valence-electron chi connectivity index (χ2n) is 3.56. The van der Waals surface area contributed by atoms with Gasteiger partial charge in [0.1, 0.15) is 0 Å². The molecule has 0 aromatic heterocycles. The molecule has 1 unspecified atom stereocenters. The molecule has 0 saturated carbocycles. The van der Waals surface area contributed by atoms with E-state index >= 15 is 0 Å². The predicted molar refractivity (Wildman–Crippen MR) is 46.7 cm³/mol. The zero-order chi connectivity index (χ0) is 10.3. The van der Waals surface area contributed by atoms with Gasteiger partial charge in [-0.05, 0) is 36.1 Å². The van der Waals surface area contributed by atoms with E-state index in [1.165, 1.54) is 12.1 Å². The summed E-state index contributed by atoms with van der Waals surface area (Å²) in [4.78, 5) is 0. The second kappa shape index (κ2) is 2.98. The molecule has 1 aromatic rings. The number of alkyl halides is 3. The minimum atomic E-state index is -4.25. The third-order valence-electron chi connectivity index (χ3n) is 2.59. The number of nitrogens with two attached hydrogens (primary N) is 1. The summed E-state index contributed by atoms with van der Waals surface area (Å²) in [7, 11) is 0. The van der Waals surface area contributed by atoms with Crippen LogP contribution in [0.3, 0.4) is 0 Å². The Balaban J connectivity index is 2.42. The van der Waals surface area contributed by atoms with Crippen molar-refractivity contribution in [2.24, 2.45) is 5.73 Å². The third kappa shape index (κ3) is 1.50. The van der Waals surface area contributed by atoms with Crippen molar-refractivity contribution in [2.75, 3.05) is 0 Å². The number of hydrogen-bond acceptors (Lipinski definition) is 1. The van der Waals surface area contributed by atoms with Crippen molar-refractivity contribution in [1.29, 1.82) is 0 Å². The molecule has 0 amide bonds. The highest BCUT2D eigenvalue weighted by molar-refractivity contribution is 5.38. The van der Waals surface area contributed by atoms with Crippen molar-refractivity contribution in [3.63, 3.8) is 0 Å². The maximum atomic E-state index is 12.3. The van der Waals surface area contributed by atoms with E-state index in [0.717, 1.165) is 23.6 Å². The fourth-order valence-corrected chi connectivity index (χ4v) is 1.83. The molecule has 0 aliphatic heterocycles. The molecule has 1 nitrogen and oxygen atoms in total. The van der Waals surface area contributed by atoms with Gasteiger partial charge in [0.2, 0.25) is 0 Å². The van der Waals surface area contributed by atoms with Crippen LogP contribution in [0.5, 0.6) is 0 Å². The Bertz CT molecular complexity index is 357. The average Bonchev–Trinajstić information content (AvgIpc) is 2.46. The molecule has 1 aliphatic rings. The Morgan fingerprint density at radius 1 is 1.29 bits per heavy atom. The largest absolute Gasteiger partial charge is 0.416 e. The SMILES string of the molecule is NC1CCc2cc(C(F)(F)F)ccc21. The number of benzene rings is 1. The molecule has 1 atom stereocenters. The summed E-state index contributed by atoms with van der Waals surface area (Å²) < 4.78 is 37.0. The molecule has 0 bridgehead atoms. The quantitative estimate of drug-likeness (QED) is 0.686. The predicted octanol–water partition coefficient (Wildman–Crippen LogP) is 2.65. The fourth-order valence-electron chi connectivity index (χ4n) is 1.83. The van der Waals surface area contributed by atoms with Crippen molar-refractivity contribution < 1.29 is 13.2 Å². The highest BCUT2D eigenvalue weighted by Gasteiger charge is 2.32. The Morgan fingerprint density at radius 2 is 2.00 bits per heavy atom. The molecule has 1 aromatic carbocycles. The molecule has 0 fully saturated rings. The van der Waals surface area contributed by atoms with Gasteiger partial charge in [-0.2, -0.15) is 13.2 Å². The van der Waals surface area contributed by atoms with E-state index in [9.17, 15) is 13.2 Å². The highest BCUT2D eigenvalue weighted by atomic mass is 19.4. The fraction of sp³-hybridized carbons (Fsp3) is 0.400. The summed E-state index contributed by atoms with van der Waals surface area (Å²) in [6.07, 6.45) is -2.85. The summed E-state index contributed by atoms with van der Waals surface area (Å²) >= 11 is 0. The molecule has 0 radical (unpaired) electrons. The summed E-state index contributed by atoms with van der Waals surface area (Å²) in [6.45, 7) is 0. The third-order valence-corrected chi connectivity index (χ3v) is 2.59. The van der Waals surface area contributed by atoms with Gasteiger partial charge in [0.05, 0.1) is 5.56 Å². The van der Waals surface area contributed by atoms with Gasteiger partial charge in [-0.25, -0.2) is 0 Å². The van der Waals surface area contributed by atoms with E-state index in [0.29, 0.717) is 6.42 Å². The van der Waals surface area contributed by atoms with Crippen LogP contribution in [-0.4, -0.2) is 0 Å². The number of halogens is 3. The van der Waals surface area contributed by atoms with Crippen LogP contribution in [0.15, 0.2) is 18.2 Å². The van der Waals surface area contributed by atoms with Gasteiger partial charge in [-0.1, -0.05) is 6.07 Å². The summed E-state index contributed by atoms with van der Waals surface area (Å²) in [6, 6.07) is 3.72. The van der Waals surface area contributed by atoms with Crippen molar-refractivity contribution in [1.82, 2.24) is 0 Å².